The first kappa shape index (κ1) is 16.1. The molecule has 0 saturated carbocycles. The van der Waals surface area contributed by atoms with Crippen LogP contribution < -0.4 is 4.72 Å². The molecule has 4 nitrogen and oxygen atoms in total. The molecule has 0 saturated heterocycles. The van der Waals surface area contributed by atoms with E-state index in [4.69, 9.17) is 0 Å². The summed E-state index contributed by atoms with van der Waals surface area (Å²) in [5.41, 5.74) is 0.946. The quantitative estimate of drug-likeness (QED) is 0.853. The third-order valence-electron chi connectivity index (χ3n) is 2.47. The molecule has 0 aliphatic carbocycles. The molecule has 1 heterocycles. The maximum Gasteiger partial charge on any atom is 0.250 e. The third kappa shape index (κ3) is 4.62. The molecule has 0 spiro atoms. The standard InChI is InChI=1S/C11H19BrN2O2S2/c1-8-7-10(17-11(8)12)18(15,16)13-9(2)5-6-14(3)4/h7,9,13H,5-6H2,1-4H3. The lowest BCUT2D eigenvalue weighted by Gasteiger charge is -2.16. The summed E-state index contributed by atoms with van der Waals surface area (Å²) in [7, 11) is 0.557. The van der Waals surface area contributed by atoms with E-state index < -0.39 is 10.0 Å². The number of halogens is 1. The summed E-state index contributed by atoms with van der Waals surface area (Å²) >= 11 is 4.59. The highest BCUT2D eigenvalue weighted by Gasteiger charge is 2.20. The van der Waals surface area contributed by atoms with Crippen molar-refractivity contribution in [2.75, 3.05) is 20.6 Å². The number of sulfonamides is 1. The van der Waals surface area contributed by atoms with Gasteiger partial charge in [-0.1, -0.05) is 0 Å². The Labute approximate surface area is 122 Å². The highest BCUT2D eigenvalue weighted by Crippen LogP contribution is 2.30. The van der Waals surface area contributed by atoms with Gasteiger partial charge in [0.15, 0.2) is 0 Å². The molecular weight excluding hydrogens is 336 g/mol. The van der Waals surface area contributed by atoms with E-state index in [0.29, 0.717) is 4.21 Å². The fourth-order valence-corrected chi connectivity index (χ4v) is 4.92. The highest BCUT2D eigenvalue weighted by atomic mass is 79.9. The SMILES string of the molecule is Cc1cc(S(=O)(=O)NC(C)CCN(C)C)sc1Br. The second-order valence-corrected chi connectivity index (χ2v) is 8.95. The highest BCUT2D eigenvalue weighted by molar-refractivity contribution is 9.11. The van der Waals surface area contributed by atoms with Gasteiger partial charge in [0, 0.05) is 6.04 Å². The van der Waals surface area contributed by atoms with Crippen molar-refractivity contribution in [2.24, 2.45) is 0 Å². The van der Waals surface area contributed by atoms with E-state index in [0.717, 1.165) is 22.3 Å². The molecule has 104 valence electrons. The van der Waals surface area contributed by atoms with Gasteiger partial charge in [-0.2, -0.15) is 0 Å². The zero-order valence-corrected chi connectivity index (χ0v) is 14.2. The fraction of sp³-hybridized carbons (Fsp3) is 0.636. The molecule has 1 N–H and O–H groups in total. The van der Waals surface area contributed by atoms with Gasteiger partial charge in [0.05, 0.1) is 3.79 Å². The minimum absolute atomic E-state index is 0.0708. The Morgan fingerprint density at radius 3 is 2.56 bits per heavy atom. The number of hydrogen-bond acceptors (Lipinski definition) is 4. The van der Waals surface area contributed by atoms with Gasteiger partial charge >= 0.3 is 0 Å². The number of rotatable bonds is 6. The zero-order chi connectivity index (χ0) is 13.9. The van der Waals surface area contributed by atoms with Crippen LogP contribution in [0.5, 0.6) is 0 Å². The van der Waals surface area contributed by atoms with Crippen molar-refractivity contribution in [1.29, 1.82) is 0 Å². The summed E-state index contributed by atoms with van der Waals surface area (Å²) in [6, 6.07) is 1.62. The average molecular weight is 355 g/mol. The maximum atomic E-state index is 12.1. The van der Waals surface area contributed by atoms with Crippen LogP contribution in [0.2, 0.25) is 0 Å². The van der Waals surface area contributed by atoms with Crippen LogP contribution in [0, 0.1) is 6.92 Å². The van der Waals surface area contributed by atoms with Crippen LogP contribution in [0.15, 0.2) is 14.1 Å². The normalized spacial score (nSPS) is 14.1. The molecule has 1 rings (SSSR count). The van der Waals surface area contributed by atoms with Gasteiger partial charge in [-0.25, -0.2) is 13.1 Å². The van der Waals surface area contributed by atoms with Crippen LogP contribution in [-0.4, -0.2) is 40.0 Å². The summed E-state index contributed by atoms with van der Waals surface area (Å²) < 4.78 is 28.2. The Hall–Kier alpha value is 0.0500. The molecule has 0 aromatic carbocycles. The first-order valence-electron chi connectivity index (χ1n) is 5.65. The molecule has 0 bridgehead atoms. The number of aryl methyl sites for hydroxylation is 1. The molecule has 0 radical (unpaired) electrons. The van der Waals surface area contributed by atoms with Crippen LogP contribution >= 0.6 is 27.3 Å². The predicted octanol–water partition coefficient (Wildman–Crippen LogP) is 2.44. The van der Waals surface area contributed by atoms with Gasteiger partial charge in [0.25, 0.3) is 0 Å². The topological polar surface area (TPSA) is 49.4 Å². The Morgan fingerprint density at radius 2 is 2.11 bits per heavy atom. The molecule has 1 aromatic heterocycles. The Kier molecular flexibility index (Phi) is 5.79. The van der Waals surface area contributed by atoms with Crippen LogP contribution in [0.25, 0.3) is 0 Å². The van der Waals surface area contributed by atoms with E-state index in [1.165, 1.54) is 11.3 Å². The molecule has 18 heavy (non-hydrogen) atoms. The largest absolute Gasteiger partial charge is 0.309 e. The second kappa shape index (κ2) is 6.47. The van der Waals surface area contributed by atoms with Gasteiger partial charge in [-0.15, -0.1) is 11.3 Å². The number of thiophene rings is 1. The van der Waals surface area contributed by atoms with Gasteiger partial charge in [-0.3, -0.25) is 0 Å². The monoisotopic (exact) mass is 354 g/mol. The van der Waals surface area contributed by atoms with E-state index in [-0.39, 0.29) is 6.04 Å². The van der Waals surface area contributed by atoms with Crippen molar-refractivity contribution in [2.45, 2.75) is 30.5 Å². The smallest absolute Gasteiger partial charge is 0.250 e. The molecule has 0 amide bonds. The maximum absolute atomic E-state index is 12.1. The third-order valence-corrected chi connectivity index (χ3v) is 6.66. The van der Waals surface area contributed by atoms with E-state index in [2.05, 4.69) is 20.7 Å². The molecular formula is C11H19BrN2O2S2. The van der Waals surface area contributed by atoms with Crippen molar-refractivity contribution in [3.05, 3.63) is 15.4 Å². The zero-order valence-electron chi connectivity index (χ0n) is 11.0. The summed E-state index contributed by atoms with van der Waals surface area (Å²) in [5.74, 6) is 0. The van der Waals surface area contributed by atoms with Crippen LogP contribution in [0.3, 0.4) is 0 Å². The minimum atomic E-state index is -3.39. The fourth-order valence-electron chi connectivity index (χ4n) is 1.40. The van der Waals surface area contributed by atoms with Crippen molar-refractivity contribution in [1.82, 2.24) is 9.62 Å². The average Bonchev–Trinajstić information content (AvgIpc) is 2.56. The first-order chi connectivity index (χ1) is 8.22. The van der Waals surface area contributed by atoms with Gasteiger partial charge < -0.3 is 4.90 Å². The molecule has 1 unspecified atom stereocenters. The van der Waals surface area contributed by atoms with E-state index in [1.807, 2.05) is 32.8 Å². The predicted molar refractivity (Wildman–Crippen MR) is 79.7 cm³/mol. The Bertz CT molecular complexity index is 478. The molecule has 1 aromatic rings. The van der Waals surface area contributed by atoms with E-state index in [9.17, 15) is 8.42 Å². The number of nitrogens with zero attached hydrogens (tertiary/aromatic N) is 1. The molecule has 7 heteroatoms. The lowest BCUT2D eigenvalue weighted by atomic mass is 10.2. The Morgan fingerprint density at radius 1 is 1.50 bits per heavy atom. The minimum Gasteiger partial charge on any atom is -0.309 e. The summed E-state index contributed by atoms with van der Waals surface area (Å²) in [4.78, 5) is 2.04. The van der Waals surface area contributed by atoms with Crippen molar-refractivity contribution in [3.8, 4) is 0 Å². The van der Waals surface area contributed by atoms with E-state index in [1.54, 1.807) is 6.07 Å². The van der Waals surface area contributed by atoms with E-state index >= 15 is 0 Å². The van der Waals surface area contributed by atoms with Crippen LogP contribution in [0.4, 0.5) is 0 Å². The van der Waals surface area contributed by atoms with Crippen LogP contribution in [0.1, 0.15) is 18.9 Å². The Balaban J connectivity index is 2.70. The molecule has 0 fully saturated rings. The molecule has 0 aliphatic heterocycles. The van der Waals surface area contributed by atoms with Crippen molar-refractivity contribution in [3.63, 3.8) is 0 Å². The lowest BCUT2D eigenvalue weighted by Crippen LogP contribution is -2.34. The second-order valence-electron chi connectivity index (χ2n) is 4.64. The van der Waals surface area contributed by atoms with Crippen LogP contribution in [-0.2, 0) is 10.0 Å². The molecule has 0 aliphatic rings. The lowest BCUT2D eigenvalue weighted by molar-refractivity contribution is 0.379. The van der Waals surface area contributed by atoms with Crippen molar-refractivity contribution >= 4 is 37.3 Å². The summed E-state index contributed by atoms with van der Waals surface area (Å²) in [6.07, 6.45) is 0.789. The summed E-state index contributed by atoms with van der Waals surface area (Å²) in [5, 5.41) is 0. The number of hydrogen-bond donors (Lipinski definition) is 1. The van der Waals surface area contributed by atoms with Gasteiger partial charge in [0.2, 0.25) is 10.0 Å². The number of nitrogens with one attached hydrogen (secondary N) is 1. The first-order valence-corrected chi connectivity index (χ1v) is 8.74. The molecule has 1 atom stereocenters. The van der Waals surface area contributed by atoms with Gasteiger partial charge in [-0.05, 0) is 68.5 Å². The van der Waals surface area contributed by atoms with Crippen molar-refractivity contribution < 1.29 is 8.42 Å². The van der Waals surface area contributed by atoms with Gasteiger partial charge in [0.1, 0.15) is 4.21 Å². The summed E-state index contributed by atoms with van der Waals surface area (Å²) in [6.45, 7) is 4.63.